The van der Waals surface area contributed by atoms with Gasteiger partial charge in [-0.05, 0) is 6.92 Å². The van der Waals surface area contributed by atoms with Crippen LogP contribution in [0.1, 0.15) is 27.2 Å². The molecule has 2 amide bonds. The molecule has 25 nitrogen and oxygen atoms in total. The number of aliphatic hydroxyl groups is 12. The summed E-state index contributed by atoms with van der Waals surface area (Å²) in [5, 5.41) is 142. The Hall–Kier alpha value is -2.35. The molecule has 0 bridgehead atoms. The van der Waals surface area contributed by atoms with Crippen molar-refractivity contribution in [2.75, 3.05) is 19.8 Å². The van der Waals surface area contributed by atoms with Gasteiger partial charge in [-0.25, -0.2) is 4.79 Å². The highest BCUT2D eigenvalue weighted by atomic mass is 16.8. The van der Waals surface area contributed by atoms with Crippen molar-refractivity contribution in [2.24, 2.45) is 0 Å². The first-order valence-electron chi connectivity index (χ1n) is 17.6. The molecule has 15 N–H and O–H groups in total. The van der Waals surface area contributed by atoms with E-state index in [9.17, 15) is 80.8 Å². The van der Waals surface area contributed by atoms with Gasteiger partial charge >= 0.3 is 5.97 Å². The number of carbonyl (C=O) groups is 3. The molecule has 0 radical (unpaired) electrons. The van der Waals surface area contributed by atoms with Crippen LogP contribution in [0.2, 0.25) is 0 Å². The van der Waals surface area contributed by atoms with Crippen LogP contribution in [0.4, 0.5) is 0 Å². The third kappa shape index (κ3) is 9.74. The van der Waals surface area contributed by atoms with Gasteiger partial charge in [0, 0.05) is 20.3 Å². The van der Waals surface area contributed by atoms with Crippen molar-refractivity contribution in [3.05, 3.63) is 0 Å². The molecule has 4 aliphatic heterocycles. The first kappa shape index (κ1) is 46.3. The molecule has 4 saturated heterocycles. The molecule has 4 aliphatic rings. The Labute approximate surface area is 317 Å². The molecular weight excluding hydrogens is 768 g/mol. The number of carboxylic acids is 1. The molecular formula is C31H52N2O23. The molecule has 25 heteroatoms. The number of nitrogens with one attached hydrogen (secondary N) is 2. The van der Waals surface area contributed by atoms with Crippen molar-refractivity contribution in [3.63, 3.8) is 0 Å². The Morgan fingerprint density at radius 2 is 1.30 bits per heavy atom. The second-order valence-corrected chi connectivity index (χ2v) is 14.0. The molecule has 0 saturated carbocycles. The smallest absolute Gasteiger partial charge is 0.364 e. The van der Waals surface area contributed by atoms with E-state index in [2.05, 4.69) is 10.6 Å². The Balaban J connectivity index is 1.71. The molecule has 324 valence electrons. The van der Waals surface area contributed by atoms with Gasteiger partial charge in [0.05, 0.1) is 38.1 Å². The molecule has 21 atom stereocenters. The van der Waals surface area contributed by atoms with E-state index in [1.165, 1.54) is 6.92 Å². The van der Waals surface area contributed by atoms with Crippen molar-refractivity contribution in [2.45, 2.75) is 155 Å². The van der Waals surface area contributed by atoms with Gasteiger partial charge in [-0.1, -0.05) is 0 Å². The summed E-state index contributed by atoms with van der Waals surface area (Å²) in [7, 11) is 0. The first-order valence-corrected chi connectivity index (χ1v) is 17.6. The van der Waals surface area contributed by atoms with E-state index in [4.69, 9.17) is 33.2 Å². The number of aliphatic hydroxyl groups excluding tert-OH is 12. The summed E-state index contributed by atoms with van der Waals surface area (Å²) >= 11 is 0. The number of hydrogen-bond acceptors (Lipinski definition) is 22. The van der Waals surface area contributed by atoms with Gasteiger partial charge in [0.2, 0.25) is 11.8 Å². The Bertz CT molecular complexity index is 1330. The van der Waals surface area contributed by atoms with E-state index in [1.54, 1.807) is 0 Å². The Morgan fingerprint density at radius 1 is 0.732 bits per heavy atom. The zero-order chi connectivity index (χ0) is 42.0. The fourth-order valence-corrected chi connectivity index (χ4v) is 6.99. The SMILES string of the molecule is CC(=O)N[C@H]1[C@H]([C@H](O)[C@H](O)CO)O[C@@](O[C@@H]2[C@H](O)[C@H](O[C@H]3[C@H](O[C@@H]4O[C@@H](C)[C@@H](O)[C@H](O)[C@@H]4O)[C@H](NC(C)=O)[C@H](O)O[C@H]3CO)O[C@@H](CO)[C@@H]2O)(C(=O)O)C[C@H]1O. The molecule has 0 unspecified atom stereocenters. The largest absolute Gasteiger partial charge is 0.477 e. The maximum absolute atomic E-state index is 12.9. The lowest BCUT2D eigenvalue weighted by molar-refractivity contribution is -0.390. The van der Waals surface area contributed by atoms with Gasteiger partial charge in [-0.2, -0.15) is 0 Å². The lowest BCUT2D eigenvalue weighted by Gasteiger charge is -2.51. The van der Waals surface area contributed by atoms with Crippen LogP contribution in [0.3, 0.4) is 0 Å². The third-order valence-electron chi connectivity index (χ3n) is 9.94. The second kappa shape index (κ2) is 19.1. The van der Waals surface area contributed by atoms with Gasteiger partial charge in [0.25, 0.3) is 5.79 Å². The standard InChI is InChI=1S/C31H52N2O23/c1-8-17(41)20(44)21(45)28(50-8)54-25-16(33-10(3)38)27(47)51-14(7-36)23(25)53-29-22(46)26(19(43)13(6-35)52-29)56-31(30(48)49)4-11(39)15(32-9(2)37)24(55-31)18(42)12(40)5-34/h8,11-29,34-36,39-47H,4-7H2,1-3H3,(H,32,37)(H,33,38)(H,48,49)/t8-,11+,12+,13-,14-,15+,16-,17+,18+,19-,20-,21-,22-,23+,24+,25+,26-,27+,28-,29-,31-/m0/s1. The van der Waals surface area contributed by atoms with Gasteiger partial charge in [-0.3, -0.25) is 9.59 Å². The van der Waals surface area contributed by atoms with Crippen molar-refractivity contribution in [1.29, 1.82) is 0 Å². The predicted molar refractivity (Wildman–Crippen MR) is 173 cm³/mol. The van der Waals surface area contributed by atoms with E-state index < -0.39 is 172 Å². The average Bonchev–Trinajstić information content (AvgIpc) is 3.14. The zero-order valence-electron chi connectivity index (χ0n) is 30.3. The van der Waals surface area contributed by atoms with E-state index in [0.29, 0.717) is 0 Å². The van der Waals surface area contributed by atoms with E-state index in [-0.39, 0.29) is 0 Å². The number of aliphatic carboxylic acids is 1. The number of hydrogen-bond donors (Lipinski definition) is 15. The third-order valence-corrected chi connectivity index (χ3v) is 9.94. The summed E-state index contributed by atoms with van der Waals surface area (Å²) in [5.41, 5.74) is 0. The van der Waals surface area contributed by atoms with Crippen molar-refractivity contribution in [3.8, 4) is 0 Å². The summed E-state index contributed by atoms with van der Waals surface area (Å²) in [6.07, 6.45) is -35.1. The second-order valence-electron chi connectivity index (χ2n) is 14.0. The minimum atomic E-state index is -3.12. The maximum atomic E-state index is 12.9. The van der Waals surface area contributed by atoms with Crippen LogP contribution >= 0.6 is 0 Å². The van der Waals surface area contributed by atoms with Crippen LogP contribution in [-0.2, 0) is 47.5 Å². The van der Waals surface area contributed by atoms with Crippen LogP contribution in [0.15, 0.2) is 0 Å². The fraction of sp³-hybridized carbons (Fsp3) is 0.903. The highest BCUT2D eigenvalue weighted by Crippen LogP contribution is 2.39. The Kier molecular flexibility index (Phi) is 15.8. The van der Waals surface area contributed by atoms with E-state index in [1.807, 2.05) is 0 Å². The van der Waals surface area contributed by atoms with Gasteiger partial charge in [-0.15, -0.1) is 0 Å². The minimum absolute atomic E-state index is 0.767. The van der Waals surface area contributed by atoms with Crippen LogP contribution in [0.25, 0.3) is 0 Å². The highest BCUT2D eigenvalue weighted by Gasteiger charge is 2.60. The molecule has 0 aromatic heterocycles. The quantitative estimate of drug-likeness (QED) is 0.0773. The topological polar surface area (TPSA) is 403 Å². The number of ether oxygens (including phenoxy) is 7. The summed E-state index contributed by atoms with van der Waals surface area (Å²) < 4.78 is 39.7. The molecule has 4 rings (SSSR count). The summed E-state index contributed by atoms with van der Waals surface area (Å²) in [6, 6.07) is -3.22. The number of amides is 2. The summed E-state index contributed by atoms with van der Waals surface area (Å²) in [4.78, 5) is 37.0. The first-order chi connectivity index (χ1) is 26.2. The van der Waals surface area contributed by atoms with Crippen LogP contribution in [0.5, 0.6) is 0 Å². The molecule has 0 aliphatic carbocycles. The highest BCUT2D eigenvalue weighted by molar-refractivity contribution is 5.76. The lowest BCUT2D eigenvalue weighted by atomic mass is 9.88. The molecule has 56 heavy (non-hydrogen) atoms. The lowest BCUT2D eigenvalue weighted by Crippen LogP contribution is -2.71. The average molecular weight is 821 g/mol. The van der Waals surface area contributed by atoms with E-state index in [0.717, 1.165) is 13.8 Å². The van der Waals surface area contributed by atoms with Gasteiger partial charge in [0.15, 0.2) is 18.9 Å². The zero-order valence-corrected chi connectivity index (χ0v) is 30.3. The molecule has 0 spiro atoms. The molecule has 4 heterocycles. The van der Waals surface area contributed by atoms with Gasteiger partial charge < -0.3 is 110 Å². The predicted octanol–water partition coefficient (Wildman–Crippen LogP) is -9.23. The Morgan fingerprint density at radius 3 is 1.86 bits per heavy atom. The normalized spacial score (nSPS) is 45.7. The van der Waals surface area contributed by atoms with Crippen LogP contribution in [0, 0.1) is 0 Å². The minimum Gasteiger partial charge on any atom is -0.477 e. The molecule has 0 aromatic carbocycles. The summed E-state index contributed by atoms with van der Waals surface area (Å²) in [5.74, 6) is -6.69. The monoisotopic (exact) mass is 820 g/mol. The van der Waals surface area contributed by atoms with Crippen molar-refractivity contribution < 1.29 is 114 Å². The number of carbonyl (C=O) groups excluding carboxylic acids is 2. The molecule has 4 fully saturated rings. The van der Waals surface area contributed by atoms with Gasteiger partial charge in [0.1, 0.15) is 85.4 Å². The fourth-order valence-electron chi connectivity index (χ4n) is 6.99. The number of carboxylic acid groups (broad SMARTS) is 1. The van der Waals surface area contributed by atoms with E-state index >= 15 is 0 Å². The van der Waals surface area contributed by atoms with Crippen molar-refractivity contribution >= 4 is 17.8 Å². The van der Waals surface area contributed by atoms with Crippen molar-refractivity contribution in [1.82, 2.24) is 10.6 Å². The maximum Gasteiger partial charge on any atom is 0.364 e. The van der Waals surface area contributed by atoms with Crippen LogP contribution in [-0.4, -0.2) is 232 Å². The molecule has 0 aromatic rings. The van der Waals surface area contributed by atoms with Crippen LogP contribution < -0.4 is 10.6 Å². The summed E-state index contributed by atoms with van der Waals surface area (Å²) in [6.45, 7) is 0.283. The number of rotatable bonds is 14.